The molecule has 0 aliphatic rings. The van der Waals surface area contributed by atoms with E-state index in [1.165, 1.54) is 11.8 Å². The number of thioether (sulfide) groups is 1. The van der Waals surface area contributed by atoms with Gasteiger partial charge in [-0.25, -0.2) is 9.78 Å². The summed E-state index contributed by atoms with van der Waals surface area (Å²) < 4.78 is 24.5. The molecular weight excluding hydrogens is 441 g/mol. The van der Waals surface area contributed by atoms with Crippen LogP contribution in [-0.4, -0.2) is 41.4 Å². The van der Waals surface area contributed by atoms with Crippen LogP contribution in [0, 0.1) is 0 Å². The van der Waals surface area contributed by atoms with Crippen LogP contribution in [-0.2, 0) is 25.3 Å². The van der Waals surface area contributed by atoms with Gasteiger partial charge in [0.1, 0.15) is 0 Å². The molecule has 0 bridgehead atoms. The minimum atomic E-state index is -2.14. The molecule has 0 spiro atoms. The lowest BCUT2D eigenvalue weighted by molar-refractivity contribution is -0.169. The van der Waals surface area contributed by atoms with Crippen LogP contribution in [0.1, 0.15) is 25.8 Å². The van der Waals surface area contributed by atoms with Crippen molar-refractivity contribution in [3.8, 4) is 0 Å². The molecule has 0 aliphatic carbocycles. The van der Waals surface area contributed by atoms with Crippen LogP contribution in [0.3, 0.4) is 0 Å². The highest BCUT2D eigenvalue weighted by Gasteiger charge is 2.42. The SMILES string of the molecule is CCOC(=O)C(CCc1ccccc1)(C[PH](=O)CSc1ccc2ccccc2n1)OCC. The van der Waals surface area contributed by atoms with Crippen molar-refractivity contribution in [1.29, 1.82) is 0 Å². The first kappa shape index (κ1) is 24.5. The molecule has 170 valence electrons. The maximum Gasteiger partial charge on any atom is 0.338 e. The number of ether oxygens (including phenoxy) is 2. The molecule has 1 aromatic heterocycles. The smallest absolute Gasteiger partial charge is 0.338 e. The Morgan fingerprint density at radius 1 is 1.00 bits per heavy atom. The number of aryl methyl sites for hydroxylation is 1. The van der Waals surface area contributed by atoms with Crippen molar-refractivity contribution in [2.75, 3.05) is 24.9 Å². The van der Waals surface area contributed by atoms with Crippen molar-refractivity contribution < 1.29 is 18.8 Å². The predicted octanol–water partition coefficient (Wildman–Crippen LogP) is 5.82. The number of aromatic nitrogens is 1. The topological polar surface area (TPSA) is 65.5 Å². The third-order valence-electron chi connectivity index (χ3n) is 5.17. The summed E-state index contributed by atoms with van der Waals surface area (Å²) in [4.78, 5) is 17.6. The summed E-state index contributed by atoms with van der Waals surface area (Å²) >= 11 is 1.46. The van der Waals surface area contributed by atoms with E-state index < -0.39 is 19.4 Å². The summed E-state index contributed by atoms with van der Waals surface area (Å²) in [6.07, 6.45) is 1.24. The maximum atomic E-state index is 13.1. The summed E-state index contributed by atoms with van der Waals surface area (Å²) in [5.74, 6) is -0.426. The Balaban J connectivity index is 1.70. The summed E-state index contributed by atoms with van der Waals surface area (Å²) in [6.45, 7) is 4.23. The highest BCUT2D eigenvalue weighted by atomic mass is 32.2. The van der Waals surface area contributed by atoms with Gasteiger partial charge in [-0.05, 0) is 44.4 Å². The third kappa shape index (κ3) is 6.68. The fraction of sp³-hybridized carbons (Fsp3) is 0.360. The van der Waals surface area contributed by atoms with Gasteiger partial charge in [-0.3, -0.25) is 0 Å². The van der Waals surface area contributed by atoms with Gasteiger partial charge in [0.15, 0.2) is 5.60 Å². The molecule has 0 fully saturated rings. The molecule has 32 heavy (non-hydrogen) atoms. The van der Waals surface area contributed by atoms with E-state index in [0.29, 0.717) is 24.9 Å². The van der Waals surface area contributed by atoms with E-state index in [-0.39, 0.29) is 12.8 Å². The van der Waals surface area contributed by atoms with Crippen LogP contribution >= 0.6 is 19.6 Å². The van der Waals surface area contributed by atoms with Crippen molar-refractivity contribution >= 4 is 36.4 Å². The van der Waals surface area contributed by atoms with Crippen LogP contribution in [0.2, 0.25) is 0 Å². The first-order chi connectivity index (χ1) is 15.6. The van der Waals surface area contributed by atoms with Gasteiger partial charge in [-0.15, -0.1) is 0 Å². The highest BCUT2D eigenvalue weighted by molar-refractivity contribution is 8.03. The molecule has 1 heterocycles. The number of para-hydroxylation sites is 1. The van der Waals surface area contributed by atoms with Crippen molar-refractivity contribution in [2.45, 2.75) is 37.3 Å². The van der Waals surface area contributed by atoms with E-state index in [4.69, 9.17) is 9.47 Å². The number of hydrogen-bond acceptors (Lipinski definition) is 6. The molecule has 3 aromatic rings. The number of nitrogens with zero attached hydrogens (tertiary/aromatic N) is 1. The second-order valence-electron chi connectivity index (χ2n) is 7.48. The van der Waals surface area contributed by atoms with E-state index in [1.807, 2.05) is 73.7 Å². The molecule has 2 atom stereocenters. The zero-order valence-electron chi connectivity index (χ0n) is 18.6. The van der Waals surface area contributed by atoms with Gasteiger partial charge < -0.3 is 14.0 Å². The zero-order chi connectivity index (χ0) is 22.8. The zero-order valence-corrected chi connectivity index (χ0v) is 20.4. The summed E-state index contributed by atoms with van der Waals surface area (Å²) in [5.41, 5.74) is 1.22. The Bertz CT molecular complexity index is 1050. The van der Waals surface area contributed by atoms with Crippen molar-refractivity contribution in [3.63, 3.8) is 0 Å². The van der Waals surface area contributed by atoms with Crippen LogP contribution < -0.4 is 0 Å². The molecule has 2 unspecified atom stereocenters. The molecule has 5 nitrogen and oxygen atoms in total. The van der Waals surface area contributed by atoms with Crippen molar-refractivity contribution in [2.24, 2.45) is 0 Å². The van der Waals surface area contributed by atoms with Gasteiger partial charge in [0.2, 0.25) is 0 Å². The first-order valence-electron chi connectivity index (χ1n) is 10.9. The number of hydrogen-bond donors (Lipinski definition) is 0. The fourth-order valence-electron chi connectivity index (χ4n) is 3.63. The third-order valence-corrected chi connectivity index (χ3v) is 8.52. The number of benzene rings is 2. The lowest BCUT2D eigenvalue weighted by atomic mass is 9.96. The average Bonchev–Trinajstić information content (AvgIpc) is 2.82. The number of rotatable bonds is 12. The minimum Gasteiger partial charge on any atom is -0.464 e. The van der Waals surface area contributed by atoms with E-state index in [2.05, 4.69) is 4.98 Å². The molecule has 0 saturated carbocycles. The Morgan fingerprint density at radius 3 is 2.50 bits per heavy atom. The number of fused-ring (bicyclic) bond motifs is 1. The molecule has 7 heteroatoms. The lowest BCUT2D eigenvalue weighted by Gasteiger charge is -2.31. The van der Waals surface area contributed by atoms with Gasteiger partial charge in [0.25, 0.3) is 0 Å². The van der Waals surface area contributed by atoms with Crippen LogP contribution in [0.4, 0.5) is 0 Å². The Hall–Kier alpha value is -2.14. The van der Waals surface area contributed by atoms with Gasteiger partial charge in [0, 0.05) is 18.2 Å². The lowest BCUT2D eigenvalue weighted by Crippen LogP contribution is -2.46. The second kappa shape index (κ2) is 12.2. The number of carbonyl (C=O) groups excluding carboxylic acids is 1. The standard InChI is InChI=1S/C25H30NO4PS/c1-3-29-24(27)25(30-4-2,17-16-20-10-6-5-7-11-20)18-31(28)19-32-23-15-14-21-12-8-9-13-22(21)26-23/h5-15,31H,3-4,16-19H2,1-2H3. The molecule has 0 radical (unpaired) electrons. The first-order valence-corrected chi connectivity index (χ1v) is 13.7. The number of pyridine rings is 1. The summed E-state index contributed by atoms with van der Waals surface area (Å²) in [7, 11) is -2.14. The Kier molecular flexibility index (Phi) is 9.34. The minimum absolute atomic E-state index is 0.164. The van der Waals surface area contributed by atoms with E-state index >= 15 is 0 Å². The average molecular weight is 472 g/mol. The highest BCUT2D eigenvalue weighted by Crippen LogP contribution is 2.38. The number of carbonyl (C=O) groups is 1. The van der Waals surface area contributed by atoms with Crippen molar-refractivity contribution in [3.05, 3.63) is 72.3 Å². The van der Waals surface area contributed by atoms with Crippen LogP contribution in [0.15, 0.2) is 71.8 Å². The second-order valence-corrected chi connectivity index (χ2v) is 10.8. The van der Waals surface area contributed by atoms with Gasteiger partial charge in [0.05, 0.1) is 30.4 Å². The van der Waals surface area contributed by atoms with Gasteiger partial charge in [-0.2, -0.15) is 0 Å². The molecular formula is C25H30NO4PS. The molecule has 2 aromatic carbocycles. The largest absolute Gasteiger partial charge is 0.464 e. The van der Waals surface area contributed by atoms with Crippen LogP contribution in [0.5, 0.6) is 0 Å². The Labute approximate surface area is 194 Å². The molecule has 3 rings (SSSR count). The maximum absolute atomic E-state index is 13.1. The summed E-state index contributed by atoms with van der Waals surface area (Å²) in [5, 5.41) is 1.90. The fourth-order valence-corrected chi connectivity index (χ4v) is 6.66. The molecule has 0 saturated heterocycles. The molecule has 0 amide bonds. The normalized spacial score (nSPS) is 14.1. The van der Waals surface area contributed by atoms with Crippen LogP contribution in [0.25, 0.3) is 10.9 Å². The monoisotopic (exact) mass is 471 g/mol. The number of esters is 1. The Morgan fingerprint density at radius 2 is 1.75 bits per heavy atom. The molecule has 0 N–H and O–H groups in total. The predicted molar refractivity (Wildman–Crippen MR) is 132 cm³/mol. The van der Waals surface area contributed by atoms with E-state index in [9.17, 15) is 9.36 Å². The van der Waals surface area contributed by atoms with Gasteiger partial charge >= 0.3 is 5.97 Å². The molecule has 0 aliphatic heterocycles. The van der Waals surface area contributed by atoms with E-state index in [0.717, 1.165) is 21.5 Å². The summed E-state index contributed by atoms with van der Waals surface area (Å²) in [6, 6.07) is 21.8. The quantitative estimate of drug-likeness (QED) is 0.189. The van der Waals surface area contributed by atoms with E-state index in [1.54, 1.807) is 6.92 Å². The van der Waals surface area contributed by atoms with Gasteiger partial charge in [-0.1, -0.05) is 66.4 Å². The van der Waals surface area contributed by atoms with Crippen molar-refractivity contribution in [1.82, 2.24) is 4.98 Å².